The topological polar surface area (TPSA) is 87.7 Å². The average Bonchev–Trinajstić information content (AvgIpc) is 2.80. The van der Waals surface area contributed by atoms with Crippen molar-refractivity contribution < 1.29 is 10.0 Å². The lowest BCUT2D eigenvalue weighted by atomic mass is 10.0. The van der Waals surface area contributed by atoms with Crippen LogP contribution < -0.4 is 11.1 Å². The van der Waals surface area contributed by atoms with Crippen LogP contribution in [0.3, 0.4) is 0 Å². The van der Waals surface area contributed by atoms with Gasteiger partial charge in [-0.05, 0) is 25.2 Å². The number of nitrogens with two attached hydrogens (primary N) is 1. The summed E-state index contributed by atoms with van der Waals surface area (Å²) >= 11 is 0. The van der Waals surface area contributed by atoms with Crippen LogP contribution in [0.4, 0.5) is 0 Å². The normalized spacial score (nSPS) is 19.2. The van der Waals surface area contributed by atoms with Gasteiger partial charge in [0.15, 0.2) is 5.84 Å². The van der Waals surface area contributed by atoms with Crippen molar-refractivity contribution in [2.24, 2.45) is 16.8 Å². The van der Waals surface area contributed by atoms with Crippen LogP contribution in [0, 0.1) is 5.92 Å². The maximum atomic E-state index is 11.8. The van der Waals surface area contributed by atoms with Gasteiger partial charge < -0.3 is 16.3 Å². The van der Waals surface area contributed by atoms with Gasteiger partial charge in [-0.1, -0.05) is 31.3 Å². The second-order valence-electron chi connectivity index (χ2n) is 4.79. The van der Waals surface area contributed by atoms with E-state index in [0.29, 0.717) is 18.8 Å². The van der Waals surface area contributed by atoms with Crippen LogP contribution in [0.1, 0.15) is 51.9 Å². The van der Waals surface area contributed by atoms with E-state index >= 15 is 0 Å². The fourth-order valence-corrected chi connectivity index (χ4v) is 2.38. The molecule has 4 N–H and O–H groups in total. The number of nitrogens with one attached hydrogen (secondary N) is 1. The molecule has 0 aliphatic heterocycles. The summed E-state index contributed by atoms with van der Waals surface area (Å²) in [7, 11) is 0. The maximum Gasteiger partial charge on any atom is 0.220 e. The largest absolute Gasteiger partial charge is 0.409 e. The molecule has 1 rings (SSSR count). The molecule has 98 valence electrons. The molecule has 5 heteroatoms. The summed E-state index contributed by atoms with van der Waals surface area (Å²) in [6.45, 7) is 2.00. The quantitative estimate of drug-likeness (QED) is 0.285. The third-order valence-corrected chi connectivity index (χ3v) is 3.33. The van der Waals surface area contributed by atoms with E-state index in [-0.39, 0.29) is 17.8 Å². The van der Waals surface area contributed by atoms with Crippen molar-refractivity contribution in [3.05, 3.63) is 0 Å². The molecule has 0 aromatic heterocycles. The molecule has 1 saturated carbocycles. The lowest BCUT2D eigenvalue weighted by Crippen LogP contribution is -2.44. The van der Waals surface area contributed by atoms with Crippen molar-refractivity contribution in [3.63, 3.8) is 0 Å². The summed E-state index contributed by atoms with van der Waals surface area (Å²) in [6.07, 6.45) is 6.91. The van der Waals surface area contributed by atoms with E-state index in [1.165, 1.54) is 12.8 Å². The van der Waals surface area contributed by atoms with Crippen LogP contribution >= 0.6 is 0 Å². The Morgan fingerprint density at radius 1 is 1.53 bits per heavy atom. The predicted octanol–water partition coefficient (Wildman–Crippen LogP) is 1.60. The summed E-state index contributed by atoms with van der Waals surface area (Å²) in [6, 6.07) is -0.334. The van der Waals surface area contributed by atoms with Gasteiger partial charge in [0.2, 0.25) is 5.91 Å². The zero-order chi connectivity index (χ0) is 12.7. The minimum atomic E-state index is -0.334. The molecule has 0 bridgehead atoms. The van der Waals surface area contributed by atoms with Gasteiger partial charge in [0.25, 0.3) is 0 Å². The Kier molecular flexibility index (Phi) is 5.80. The van der Waals surface area contributed by atoms with Crippen LogP contribution in [0.15, 0.2) is 5.16 Å². The number of oxime groups is 1. The van der Waals surface area contributed by atoms with Gasteiger partial charge in [-0.15, -0.1) is 0 Å². The van der Waals surface area contributed by atoms with Crippen molar-refractivity contribution >= 4 is 11.7 Å². The Bertz CT molecular complexity index is 273. The highest BCUT2D eigenvalue weighted by Crippen LogP contribution is 2.27. The summed E-state index contributed by atoms with van der Waals surface area (Å²) in [5.74, 6) is 0.623. The number of rotatable bonds is 6. The Labute approximate surface area is 102 Å². The summed E-state index contributed by atoms with van der Waals surface area (Å²) in [5.41, 5.74) is 5.55. The number of amidine groups is 1. The van der Waals surface area contributed by atoms with Crippen LogP contribution in [-0.4, -0.2) is 23.0 Å². The molecule has 0 aromatic rings. The summed E-state index contributed by atoms with van der Waals surface area (Å²) in [4.78, 5) is 11.8. The molecule has 1 fully saturated rings. The molecular weight excluding hydrogens is 218 g/mol. The van der Waals surface area contributed by atoms with Crippen LogP contribution in [0.25, 0.3) is 0 Å². The highest BCUT2D eigenvalue weighted by atomic mass is 16.4. The van der Waals surface area contributed by atoms with Crippen LogP contribution in [0.2, 0.25) is 0 Å². The number of nitrogens with zero attached hydrogens (tertiary/aromatic N) is 1. The molecule has 1 aliphatic rings. The first-order valence-corrected chi connectivity index (χ1v) is 6.44. The number of amides is 1. The van der Waals surface area contributed by atoms with E-state index in [9.17, 15) is 4.79 Å². The second-order valence-corrected chi connectivity index (χ2v) is 4.79. The zero-order valence-electron chi connectivity index (χ0n) is 10.5. The van der Waals surface area contributed by atoms with Gasteiger partial charge >= 0.3 is 0 Å². The van der Waals surface area contributed by atoms with Crippen molar-refractivity contribution in [2.75, 3.05) is 0 Å². The monoisotopic (exact) mass is 241 g/mol. The number of hydrogen-bond donors (Lipinski definition) is 3. The maximum absolute atomic E-state index is 11.8. The molecule has 1 unspecified atom stereocenters. The molecule has 0 spiro atoms. The van der Waals surface area contributed by atoms with Crippen molar-refractivity contribution in [3.8, 4) is 0 Å². The molecule has 0 aromatic carbocycles. The van der Waals surface area contributed by atoms with Crippen molar-refractivity contribution in [2.45, 2.75) is 57.9 Å². The number of carbonyl (C=O) groups is 1. The highest BCUT2D eigenvalue weighted by Gasteiger charge is 2.21. The number of carbonyl (C=O) groups excluding carboxylic acids is 1. The highest BCUT2D eigenvalue weighted by molar-refractivity contribution is 5.89. The first-order valence-electron chi connectivity index (χ1n) is 6.44. The van der Waals surface area contributed by atoms with Gasteiger partial charge in [-0.2, -0.15) is 0 Å². The Morgan fingerprint density at radius 2 is 2.18 bits per heavy atom. The second kappa shape index (κ2) is 7.14. The molecular formula is C12H23N3O2. The first-order chi connectivity index (χ1) is 8.17. The van der Waals surface area contributed by atoms with E-state index < -0.39 is 0 Å². The summed E-state index contributed by atoms with van der Waals surface area (Å²) < 4.78 is 0. The molecule has 0 heterocycles. The van der Waals surface area contributed by atoms with Crippen LogP contribution in [0.5, 0.6) is 0 Å². The Balaban J connectivity index is 2.40. The van der Waals surface area contributed by atoms with E-state index in [4.69, 9.17) is 10.9 Å². The fourth-order valence-electron chi connectivity index (χ4n) is 2.38. The molecule has 1 amide bonds. The first kappa shape index (κ1) is 13.8. The van der Waals surface area contributed by atoms with Crippen LogP contribution in [-0.2, 0) is 4.79 Å². The molecule has 5 nitrogen and oxygen atoms in total. The fraction of sp³-hybridized carbons (Fsp3) is 0.833. The molecule has 0 radical (unpaired) electrons. The predicted molar refractivity (Wildman–Crippen MR) is 66.8 cm³/mol. The van der Waals surface area contributed by atoms with Gasteiger partial charge in [0.05, 0.1) is 6.04 Å². The third kappa shape index (κ3) is 4.63. The average molecular weight is 241 g/mol. The zero-order valence-corrected chi connectivity index (χ0v) is 10.5. The van der Waals surface area contributed by atoms with Gasteiger partial charge in [-0.3, -0.25) is 4.79 Å². The molecule has 17 heavy (non-hydrogen) atoms. The minimum Gasteiger partial charge on any atom is -0.409 e. The molecule has 1 aliphatic carbocycles. The smallest absolute Gasteiger partial charge is 0.220 e. The Morgan fingerprint density at radius 3 is 2.71 bits per heavy atom. The Hall–Kier alpha value is -1.26. The van der Waals surface area contributed by atoms with E-state index in [1.807, 2.05) is 6.92 Å². The van der Waals surface area contributed by atoms with Crippen molar-refractivity contribution in [1.82, 2.24) is 5.32 Å². The minimum absolute atomic E-state index is 0.0157. The van der Waals surface area contributed by atoms with E-state index in [0.717, 1.165) is 19.3 Å². The third-order valence-electron chi connectivity index (χ3n) is 3.33. The van der Waals surface area contributed by atoms with E-state index in [2.05, 4.69) is 10.5 Å². The lowest BCUT2D eigenvalue weighted by molar-refractivity contribution is -0.122. The van der Waals surface area contributed by atoms with Crippen molar-refractivity contribution in [1.29, 1.82) is 0 Å². The van der Waals surface area contributed by atoms with E-state index in [1.54, 1.807) is 0 Å². The summed E-state index contributed by atoms with van der Waals surface area (Å²) in [5, 5.41) is 14.5. The number of hydrogen-bond acceptors (Lipinski definition) is 3. The van der Waals surface area contributed by atoms with Gasteiger partial charge in [0.1, 0.15) is 0 Å². The van der Waals surface area contributed by atoms with Gasteiger partial charge in [0, 0.05) is 6.42 Å². The lowest BCUT2D eigenvalue weighted by Gasteiger charge is -2.17. The molecule has 1 atom stereocenters. The molecule has 0 saturated heterocycles. The standard InChI is InChI=1S/C12H23N3O2/c1-2-5-10(12(13)15-17)14-11(16)8-9-6-3-4-7-9/h9-10,17H,2-8H2,1H3,(H2,13,15)(H,14,16). The van der Waals surface area contributed by atoms with Gasteiger partial charge in [-0.25, -0.2) is 0 Å². The SMILES string of the molecule is CCCC(NC(=O)CC1CCCC1)/C(N)=N/O.